The number of hydrogen-bond acceptors (Lipinski definition) is 4. The minimum atomic E-state index is -0.572. The lowest BCUT2D eigenvalue weighted by Gasteiger charge is -2.63. The molecule has 6 nitrogen and oxygen atoms in total. The fraction of sp³-hybridized carbons (Fsp3) is 0.724. The van der Waals surface area contributed by atoms with E-state index < -0.39 is 5.60 Å². The SMILES string of the molecule is C[C@]12CCC(O)CC1CC[C@@H]1[C@H]2CC[C@]2(C)C(CC/C=N/N(C(=N)N)c3ccccc3)CC[C@@]12O. The van der Waals surface area contributed by atoms with Gasteiger partial charge in [0.15, 0.2) is 0 Å². The Morgan fingerprint density at radius 1 is 1.09 bits per heavy atom. The van der Waals surface area contributed by atoms with Crippen LogP contribution >= 0.6 is 0 Å². The lowest BCUT2D eigenvalue weighted by Crippen LogP contribution is -2.62. The summed E-state index contributed by atoms with van der Waals surface area (Å²) in [6.07, 6.45) is 13.2. The van der Waals surface area contributed by atoms with E-state index in [1.54, 1.807) is 0 Å². The summed E-state index contributed by atoms with van der Waals surface area (Å²) in [7, 11) is 0. The molecule has 0 spiro atoms. The highest BCUT2D eigenvalue weighted by molar-refractivity contribution is 5.92. The van der Waals surface area contributed by atoms with E-state index in [4.69, 9.17) is 11.1 Å². The van der Waals surface area contributed by atoms with Gasteiger partial charge in [-0.25, -0.2) is 5.01 Å². The van der Waals surface area contributed by atoms with Crippen molar-refractivity contribution in [2.45, 2.75) is 96.2 Å². The van der Waals surface area contributed by atoms with Gasteiger partial charge in [-0.1, -0.05) is 32.0 Å². The number of aliphatic hydroxyl groups excluding tert-OH is 1. The Labute approximate surface area is 210 Å². The quantitative estimate of drug-likeness (QED) is 0.261. The molecule has 3 unspecified atom stereocenters. The number of nitrogens with zero attached hydrogens (tertiary/aromatic N) is 2. The Hall–Kier alpha value is -1.92. The van der Waals surface area contributed by atoms with Crippen LogP contribution in [0, 0.1) is 39.9 Å². The van der Waals surface area contributed by atoms with Crippen molar-refractivity contribution < 1.29 is 10.2 Å². The van der Waals surface area contributed by atoms with Gasteiger partial charge < -0.3 is 15.9 Å². The monoisotopic (exact) mass is 480 g/mol. The summed E-state index contributed by atoms with van der Waals surface area (Å²) in [5.74, 6) is 1.99. The van der Waals surface area contributed by atoms with Gasteiger partial charge in [-0.05, 0) is 117 Å². The van der Waals surface area contributed by atoms with Gasteiger partial charge in [0, 0.05) is 6.21 Å². The third kappa shape index (κ3) is 4.01. The number of benzene rings is 1. The topological polar surface area (TPSA) is 106 Å². The van der Waals surface area contributed by atoms with Crippen molar-refractivity contribution in [2.24, 2.45) is 45.3 Å². The highest BCUT2D eigenvalue weighted by Gasteiger charge is 2.66. The summed E-state index contributed by atoms with van der Waals surface area (Å²) in [4.78, 5) is 0. The smallest absolute Gasteiger partial charge is 0.214 e. The molecule has 0 bridgehead atoms. The van der Waals surface area contributed by atoms with Gasteiger partial charge in [0.05, 0.1) is 17.4 Å². The summed E-state index contributed by atoms with van der Waals surface area (Å²) in [5.41, 5.74) is 6.22. The van der Waals surface area contributed by atoms with Crippen LogP contribution in [0.5, 0.6) is 0 Å². The summed E-state index contributed by atoms with van der Waals surface area (Å²) < 4.78 is 0. The maximum absolute atomic E-state index is 12.3. The Kier molecular flexibility index (Phi) is 6.50. The Balaban J connectivity index is 1.27. The fourth-order valence-corrected chi connectivity index (χ4v) is 9.03. The molecule has 5 N–H and O–H groups in total. The lowest BCUT2D eigenvalue weighted by molar-refractivity contribution is -0.210. The van der Waals surface area contributed by atoms with Crippen molar-refractivity contribution >= 4 is 17.9 Å². The van der Waals surface area contributed by atoms with Gasteiger partial charge in [0.2, 0.25) is 5.96 Å². The molecule has 0 heterocycles. The molecule has 0 saturated heterocycles. The maximum atomic E-state index is 12.3. The second-order valence-electron chi connectivity index (χ2n) is 12.4. The van der Waals surface area contributed by atoms with Crippen LogP contribution in [0.25, 0.3) is 0 Å². The van der Waals surface area contributed by atoms with E-state index in [1.165, 1.54) is 11.4 Å². The molecule has 0 aliphatic heterocycles. The largest absolute Gasteiger partial charge is 0.393 e. The first-order valence-electron chi connectivity index (χ1n) is 13.8. The first-order chi connectivity index (χ1) is 16.7. The van der Waals surface area contributed by atoms with Crippen LogP contribution < -0.4 is 10.7 Å². The van der Waals surface area contributed by atoms with E-state index in [0.717, 1.165) is 69.9 Å². The molecule has 0 amide bonds. The predicted molar refractivity (Wildman–Crippen MR) is 141 cm³/mol. The summed E-state index contributed by atoms with van der Waals surface area (Å²) in [5, 5.41) is 36.5. The lowest BCUT2D eigenvalue weighted by atomic mass is 9.43. The fourth-order valence-electron chi connectivity index (χ4n) is 9.03. The van der Waals surface area contributed by atoms with Crippen LogP contribution in [0.4, 0.5) is 5.69 Å². The molecule has 0 aromatic heterocycles. The van der Waals surface area contributed by atoms with Crippen molar-refractivity contribution in [2.75, 3.05) is 5.01 Å². The minimum absolute atomic E-state index is 0.0426. The van der Waals surface area contributed by atoms with Crippen LogP contribution in [-0.4, -0.2) is 34.1 Å². The van der Waals surface area contributed by atoms with Crippen LogP contribution in [0.3, 0.4) is 0 Å². The maximum Gasteiger partial charge on any atom is 0.214 e. The number of fused-ring (bicyclic) bond motifs is 5. The van der Waals surface area contributed by atoms with Crippen LogP contribution in [0.2, 0.25) is 0 Å². The molecule has 35 heavy (non-hydrogen) atoms. The molecular weight excluding hydrogens is 436 g/mol. The van der Waals surface area contributed by atoms with Gasteiger partial charge in [0.25, 0.3) is 0 Å². The van der Waals surface area contributed by atoms with E-state index in [9.17, 15) is 10.2 Å². The van der Waals surface area contributed by atoms with Crippen molar-refractivity contribution in [3.8, 4) is 0 Å². The average Bonchev–Trinajstić information content (AvgIpc) is 3.10. The zero-order chi connectivity index (χ0) is 24.8. The van der Waals surface area contributed by atoms with E-state index in [0.29, 0.717) is 23.7 Å². The zero-order valence-electron chi connectivity index (χ0n) is 21.5. The molecule has 4 saturated carbocycles. The molecule has 6 heteroatoms. The molecule has 1 aromatic carbocycles. The normalized spacial score (nSPS) is 42.8. The molecule has 4 aliphatic carbocycles. The van der Waals surface area contributed by atoms with Crippen molar-refractivity contribution in [1.29, 1.82) is 5.41 Å². The molecule has 1 aromatic rings. The van der Waals surface area contributed by atoms with Gasteiger partial charge in [0.1, 0.15) is 0 Å². The van der Waals surface area contributed by atoms with E-state index in [2.05, 4.69) is 18.9 Å². The number of nitrogens with two attached hydrogens (primary N) is 1. The van der Waals surface area contributed by atoms with Crippen molar-refractivity contribution in [1.82, 2.24) is 0 Å². The highest BCUT2D eigenvalue weighted by atomic mass is 16.3. The van der Waals surface area contributed by atoms with E-state index in [-0.39, 0.29) is 22.9 Å². The highest BCUT2D eigenvalue weighted by Crippen LogP contribution is 2.69. The van der Waals surface area contributed by atoms with Gasteiger partial charge in [-0.3, -0.25) is 5.41 Å². The average molecular weight is 481 g/mol. The van der Waals surface area contributed by atoms with Crippen molar-refractivity contribution in [3.63, 3.8) is 0 Å². The molecular formula is C29H44N4O2. The van der Waals surface area contributed by atoms with Crippen LogP contribution in [0.15, 0.2) is 35.4 Å². The Bertz CT molecular complexity index is 953. The van der Waals surface area contributed by atoms with E-state index >= 15 is 0 Å². The second kappa shape index (κ2) is 9.19. The summed E-state index contributed by atoms with van der Waals surface area (Å²) >= 11 is 0. The minimum Gasteiger partial charge on any atom is -0.393 e. The number of anilines is 1. The number of rotatable bonds is 5. The number of aliphatic hydroxyl groups is 2. The molecule has 8 atom stereocenters. The number of hydrogen-bond donors (Lipinski definition) is 4. The summed E-state index contributed by atoms with van der Waals surface area (Å²) in [6.45, 7) is 4.84. The van der Waals surface area contributed by atoms with E-state index in [1.807, 2.05) is 36.5 Å². The first kappa shape index (κ1) is 24.8. The molecule has 4 aliphatic rings. The van der Waals surface area contributed by atoms with Gasteiger partial charge >= 0.3 is 0 Å². The van der Waals surface area contributed by atoms with Gasteiger partial charge in [-0.15, -0.1) is 0 Å². The number of nitrogens with one attached hydrogen (secondary N) is 1. The number of para-hydroxylation sites is 1. The molecule has 0 radical (unpaired) electrons. The molecule has 4 fully saturated rings. The molecule has 5 rings (SSSR count). The Morgan fingerprint density at radius 2 is 1.86 bits per heavy atom. The van der Waals surface area contributed by atoms with Crippen LogP contribution in [-0.2, 0) is 0 Å². The third-order valence-corrected chi connectivity index (χ3v) is 11.1. The second-order valence-corrected chi connectivity index (χ2v) is 12.4. The van der Waals surface area contributed by atoms with Gasteiger partial charge in [-0.2, -0.15) is 5.10 Å². The van der Waals surface area contributed by atoms with Crippen LogP contribution in [0.1, 0.15) is 84.5 Å². The third-order valence-electron chi connectivity index (χ3n) is 11.1. The Morgan fingerprint density at radius 3 is 2.60 bits per heavy atom. The number of hydrazone groups is 1. The first-order valence-corrected chi connectivity index (χ1v) is 13.8. The zero-order valence-corrected chi connectivity index (χ0v) is 21.5. The number of guanidine groups is 1. The predicted octanol–water partition coefficient (Wildman–Crippen LogP) is 5.29. The van der Waals surface area contributed by atoms with Crippen molar-refractivity contribution in [3.05, 3.63) is 30.3 Å². The summed E-state index contributed by atoms with van der Waals surface area (Å²) in [6, 6.07) is 9.57. The molecule has 192 valence electrons. The standard InChI is InChI=1S/C29H44N4O2/c1-27-15-13-23(34)19-21(27)10-11-25-24(27)14-16-28(2)20(12-17-29(25,28)35)7-6-18-32-33(26(30)31)22-8-4-3-5-9-22/h3-5,8-9,18,20-21,23-25,34-35H,6-7,10-17,19H2,1-2H3,(H3,30,31)/b32-18+/t20?,21?,23?,24-,25-,27+,28-,29-/m1/s1.